The molecule has 0 aromatic carbocycles. The lowest BCUT2D eigenvalue weighted by Gasteiger charge is -2.07. The fourth-order valence-electron chi connectivity index (χ4n) is 1.18. The first-order valence-electron chi connectivity index (χ1n) is 4.37. The third-order valence-corrected chi connectivity index (χ3v) is 1.91. The SMILES string of the molecule is FC(F)(F)c1ccnc(-c2cnccn2)c1. The molecule has 0 aliphatic carbocycles. The summed E-state index contributed by atoms with van der Waals surface area (Å²) in [5.74, 6) is 0. The zero-order valence-corrected chi connectivity index (χ0v) is 7.94. The number of rotatable bonds is 1. The third kappa shape index (κ3) is 2.16. The van der Waals surface area contributed by atoms with E-state index in [1.54, 1.807) is 0 Å². The summed E-state index contributed by atoms with van der Waals surface area (Å²) in [6, 6.07) is 1.86. The molecule has 0 bridgehead atoms. The highest BCUT2D eigenvalue weighted by molar-refractivity contribution is 5.53. The van der Waals surface area contributed by atoms with Gasteiger partial charge < -0.3 is 0 Å². The van der Waals surface area contributed by atoms with E-state index in [9.17, 15) is 13.2 Å². The van der Waals surface area contributed by atoms with Gasteiger partial charge in [0.25, 0.3) is 0 Å². The van der Waals surface area contributed by atoms with Crippen LogP contribution in [0.15, 0.2) is 36.9 Å². The molecule has 0 fully saturated rings. The molecule has 3 nitrogen and oxygen atoms in total. The summed E-state index contributed by atoms with van der Waals surface area (Å²) in [6.07, 6.45) is 0.934. The Hall–Kier alpha value is -1.98. The minimum Gasteiger partial charge on any atom is -0.261 e. The first-order valence-corrected chi connectivity index (χ1v) is 4.37. The van der Waals surface area contributed by atoms with E-state index < -0.39 is 11.7 Å². The summed E-state index contributed by atoms with van der Waals surface area (Å²) in [5.41, 5.74) is -0.278. The average Bonchev–Trinajstić information content (AvgIpc) is 2.29. The molecule has 0 saturated heterocycles. The topological polar surface area (TPSA) is 38.7 Å². The molecule has 2 aromatic heterocycles. The fourth-order valence-corrected chi connectivity index (χ4v) is 1.18. The molecule has 0 aliphatic rings. The van der Waals surface area contributed by atoms with Gasteiger partial charge in [0.1, 0.15) is 5.69 Å². The van der Waals surface area contributed by atoms with Crippen LogP contribution in [0.1, 0.15) is 5.56 Å². The number of alkyl halides is 3. The fraction of sp³-hybridized carbons (Fsp3) is 0.100. The number of halogens is 3. The maximum Gasteiger partial charge on any atom is 0.416 e. The van der Waals surface area contributed by atoms with E-state index in [0.29, 0.717) is 5.69 Å². The molecule has 0 radical (unpaired) electrons. The highest BCUT2D eigenvalue weighted by Gasteiger charge is 2.30. The Kier molecular flexibility index (Phi) is 2.55. The zero-order chi connectivity index (χ0) is 11.6. The molecule has 0 saturated carbocycles. The number of hydrogen-bond acceptors (Lipinski definition) is 3. The maximum atomic E-state index is 12.4. The van der Waals surface area contributed by atoms with Gasteiger partial charge in [0.15, 0.2) is 0 Å². The summed E-state index contributed by atoms with van der Waals surface area (Å²) in [4.78, 5) is 11.5. The van der Waals surface area contributed by atoms with Crippen molar-refractivity contribution in [1.29, 1.82) is 0 Å². The van der Waals surface area contributed by atoms with Crippen LogP contribution in [0.25, 0.3) is 11.4 Å². The largest absolute Gasteiger partial charge is 0.416 e. The minimum atomic E-state index is -4.38. The van der Waals surface area contributed by atoms with Crippen LogP contribution in [0.3, 0.4) is 0 Å². The van der Waals surface area contributed by atoms with Crippen LogP contribution >= 0.6 is 0 Å². The molecule has 0 spiro atoms. The van der Waals surface area contributed by atoms with Gasteiger partial charge in [-0.3, -0.25) is 15.0 Å². The summed E-state index contributed by atoms with van der Waals surface area (Å²) < 4.78 is 37.3. The van der Waals surface area contributed by atoms with Crippen LogP contribution in [0.2, 0.25) is 0 Å². The van der Waals surface area contributed by atoms with Gasteiger partial charge in [-0.25, -0.2) is 0 Å². The molecule has 2 heterocycles. The lowest BCUT2D eigenvalue weighted by atomic mass is 10.2. The predicted molar refractivity (Wildman–Crippen MR) is 50.3 cm³/mol. The second-order valence-corrected chi connectivity index (χ2v) is 3.02. The average molecular weight is 225 g/mol. The zero-order valence-electron chi connectivity index (χ0n) is 7.94. The third-order valence-electron chi connectivity index (χ3n) is 1.91. The maximum absolute atomic E-state index is 12.4. The summed E-state index contributed by atoms with van der Waals surface area (Å²) in [6.45, 7) is 0. The first-order chi connectivity index (χ1) is 7.57. The van der Waals surface area contributed by atoms with Crippen molar-refractivity contribution in [1.82, 2.24) is 15.0 Å². The van der Waals surface area contributed by atoms with E-state index in [0.717, 1.165) is 18.3 Å². The van der Waals surface area contributed by atoms with Crippen molar-refractivity contribution in [3.05, 3.63) is 42.5 Å². The minimum absolute atomic E-state index is 0.155. The molecule has 0 unspecified atom stereocenters. The molecule has 0 N–H and O–H groups in total. The standard InChI is InChI=1S/C10H6F3N3/c11-10(12,13)7-1-2-15-8(5-7)9-6-14-3-4-16-9/h1-6H. The van der Waals surface area contributed by atoms with Gasteiger partial charge in [0.05, 0.1) is 17.5 Å². The number of hydrogen-bond donors (Lipinski definition) is 0. The van der Waals surface area contributed by atoms with Crippen LogP contribution in [-0.4, -0.2) is 15.0 Å². The van der Waals surface area contributed by atoms with E-state index in [1.807, 2.05) is 0 Å². The Balaban J connectivity index is 2.45. The molecular formula is C10H6F3N3. The van der Waals surface area contributed by atoms with Crippen molar-refractivity contribution in [3.63, 3.8) is 0 Å². The van der Waals surface area contributed by atoms with Gasteiger partial charge >= 0.3 is 6.18 Å². The molecule has 0 amide bonds. The van der Waals surface area contributed by atoms with Gasteiger partial charge in [-0.1, -0.05) is 0 Å². The second-order valence-electron chi connectivity index (χ2n) is 3.02. The molecular weight excluding hydrogens is 219 g/mol. The van der Waals surface area contributed by atoms with Gasteiger partial charge in [0.2, 0.25) is 0 Å². The lowest BCUT2D eigenvalue weighted by molar-refractivity contribution is -0.137. The van der Waals surface area contributed by atoms with Crippen molar-refractivity contribution < 1.29 is 13.2 Å². The quantitative estimate of drug-likeness (QED) is 0.748. The van der Waals surface area contributed by atoms with Crippen molar-refractivity contribution in [2.75, 3.05) is 0 Å². The lowest BCUT2D eigenvalue weighted by Crippen LogP contribution is -2.05. The van der Waals surface area contributed by atoms with E-state index in [1.165, 1.54) is 18.6 Å². The molecule has 2 rings (SSSR count). The van der Waals surface area contributed by atoms with Crippen molar-refractivity contribution >= 4 is 0 Å². The molecule has 0 aliphatic heterocycles. The van der Waals surface area contributed by atoms with E-state index in [2.05, 4.69) is 15.0 Å². The summed E-state index contributed by atoms with van der Waals surface area (Å²) >= 11 is 0. The molecule has 82 valence electrons. The van der Waals surface area contributed by atoms with Crippen LogP contribution in [0.4, 0.5) is 13.2 Å². The highest BCUT2D eigenvalue weighted by atomic mass is 19.4. The van der Waals surface area contributed by atoms with Crippen molar-refractivity contribution in [2.24, 2.45) is 0 Å². The van der Waals surface area contributed by atoms with E-state index in [-0.39, 0.29) is 5.69 Å². The van der Waals surface area contributed by atoms with Gasteiger partial charge in [-0.2, -0.15) is 13.2 Å². The van der Waals surface area contributed by atoms with Crippen LogP contribution in [0, 0.1) is 0 Å². The Morgan fingerprint density at radius 1 is 0.938 bits per heavy atom. The van der Waals surface area contributed by atoms with Crippen LogP contribution in [-0.2, 0) is 6.18 Å². The molecule has 0 atom stereocenters. The Morgan fingerprint density at radius 2 is 1.69 bits per heavy atom. The van der Waals surface area contributed by atoms with E-state index >= 15 is 0 Å². The Bertz CT molecular complexity index is 482. The summed E-state index contributed by atoms with van der Waals surface area (Å²) in [5, 5.41) is 0. The Morgan fingerprint density at radius 3 is 2.31 bits per heavy atom. The monoisotopic (exact) mass is 225 g/mol. The number of aromatic nitrogens is 3. The first kappa shape index (κ1) is 10.5. The van der Waals surface area contributed by atoms with Crippen molar-refractivity contribution in [3.8, 4) is 11.4 Å². The highest BCUT2D eigenvalue weighted by Crippen LogP contribution is 2.30. The molecule has 16 heavy (non-hydrogen) atoms. The Labute approximate surface area is 89.0 Å². The van der Waals surface area contributed by atoms with Crippen LogP contribution < -0.4 is 0 Å². The smallest absolute Gasteiger partial charge is 0.261 e. The normalized spacial score (nSPS) is 11.4. The second kappa shape index (κ2) is 3.88. The molecule has 6 heteroatoms. The van der Waals surface area contributed by atoms with Crippen LogP contribution in [0.5, 0.6) is 0 Å². The number of pyridine rings is 1. The number of nitrogens with zero attached hydrogens (tertiary/aromatic N) is 3. The molecule has 2 aromatic rings. The van der Waals surface area contributed by atoms with E-state index in [4.69, 9.17) is 0 Å². The van der Waals surface area contributed by atoms with Gasteiger partial charge in [-0.15, -0.1) is 0 Å². The predicted octanol–water partition coefficient (Wildman–Crippen LogP) is 2.56. The van der Waals surface area contributed by atoms with Crippen molar-refractivity contribution in [2.45, 2.75) is 6.18 Å². The summed E-state index contributed by atoms with van der Waals surface area (Å²) in [7, 11) is 0. The van der Waals surface area contributed by atoms with Gasteiger partial charge in [-0.05, 0) is 12.1 Å². The van der Waals surface area contributed by atoms with Gasteiger partial charge in [0, 0.05) is 18.6 Å².